The minimum absolute atomic E-state index is 0.0125. The van der Waals surface area contributed by atoms with E-state index < -0.39 is 17.8 Å². The lowest BCUT2D eigenvalue weighted by molar-refractivity contribution is -0.504. The molecule has 3 rings (SSSR count). The first-order chi connectivity index (χ1) is 17.2. The van der Waals surface area contributed by atoms with Gasteiger partial charge in [-0.1, -0.05) is 35.5 Å². The summed E-state index contributed by atoms with van der Waals surface area (Å²) >= 11 is 0. The topological polar surface area (TPSA) is 113 Å². The van der Waals surface area contributed by atoms with Gasteiger partial charge in [0, 0.05) is 59.6 Å². The van der Waals surface area contributed by atoms with E-state index in [1.165, 1.54) is 13.8 Å². The number of aryl methyl sites for hydroxylation is 1. The fourth-order valence-electron chi connectivity index (χ4n) is 3.81. The van der Waals surface area contributed by atoms with Crippen LogP contribution in [-0.2, 0) is 20.9 Å². The third kappa shape index (κ3) is 6.11. The highest BCUT2D eigenvalue weighted by atomic mass is 16.7. The lowest BCUT2D eigenvalue weighted by Gasteiger charge is -2.10. The van der Waals surface area contributed by atoms with E-state index in [1.54, 1.807) is 48.6 Å². The number of hydrogen-bond donors (Lipinski definition) is 0. The first-order valence-corrected chi connectivity index (χ1v) is 11.6. The van der Waals surface area contributed by atoms with E-state index in [9.17, 15) is 19.7 Å². The van der Waals surface area contributed by atoms with Crippen LogP contribution in [0.15, 0.2) is 59.8 Å². The number of nitro groups is 1. The quantitative estimate of drug-likeness (QED) is 0.0949. The van der Waals surface area contributed by atoms with Crippen molar-refractivity contribution in [3.63, 3.8) is 0 Å². The highest BCUT2D eigenvalue weighted by Crippen LogP contribution is 2.29. The Labute approximate surface area is 209 Å². The molecule has 0 aliphatic heterocycles. The summed E-state index contributed by atoms with van der Waals surface area (Å²) in [5, 5.41) is 15.8. The van der Waals surface area contributed by atoms with Crippen molar-refractivity contribution in [1.29, 1.82) is 0 Å². The number of ketones is 1. The first kappa shape index (κ1) is 26.5. The summed E-state index contributed by atoms with van der Waals surface area (Å²) in [6, 6.07) is 13.2. The molecule has 1 unspecified atom stereocenters. The molecule has 0 saturated carbocycles. The molecule has 0 aliphatic rings. The third-order valence-corrected chi connectivity index (χ3v) is 5.68. The van der Waals surface area contributed by atoms with E-state index in [2.05, 4.69) is 5.16 Å². The van der Waals surface area contributed by atoms with E-state index in [-0.39, 0.29) is 10.6 Å². The van der Waals surface area contributed by atoms with Crippen LogP contribution in [-0.4, -0.2) is 46.2 Å². The van der Waals surface area contributed by atoms with Gasteiger partial charge in [-0.15, -0.1) is 0 Å². The number of fused-ring (bicyclic) bond motifs is 1. The predicted molar refractivity (Wildman–Crippen MR) is 138 cm³/mol. The molecule has 1 aromatic heterocycles. The Bertz CT molecular complexity index is 1320. The molecule has 2 aromatic carbocycles. The smallest absolute Gasteiger partial charge is 0.332 e. The van der Waals surface area contributed by atoms with Gasteiger partial charge in [-0.2, -0.15) is 0 Å². The molecule has 0 N–H and O–H groups in total. The number of carbonyl (C=O) groups excluding carboxylic acids is 2. The number of rotatable bonds is 11. The highest BCUT2D eigenvalue weighted by molar-refractivity contribution is 6.51. The fraction of sp³-hybridized carbons (Fsp3) is 0.296. The summed E-state index contributed by atoms with van der Waals surface area (Å²) < 4.78 is 7.57. The van der Waals surface area contributed by atoms with Crippen molar-refractivity contribution in [3.05, 3.63) is 87.1 Å². The van der Waals surface area contributed by atoms with Gasteiger partial charge in [-0.25, -0.2) is 4.79 Å². The number of carbonyl (C=O) groups is 2. The van der Waals surface area contributed by atoms with Crippen LogP contribution in [0.3, 0.4) is 0 Å². The minimum atomic E-state index is -0.842. The Hall–Kier alpha value is -4.11. The Morgan fingerprint density at radius 3 is 2.53 bits per heavy atom. The summed E-state index contributed by atoms with van der Waals surface area (Å²) in [6.45, 7) is 8.15. The van der Waals surface area contributed by atoms with Crippen molar-refractivity contribution in [1.82, 2.24) is 4.57 Å². The molecule has 0 aliphatic carbocycles. The van der Waals surface area contributed by atoms with Crippen molar-refractivity contribution < 1.29 is 24.1 Å². The Morgan fingerprint density at radius 2 is 1.89 bits per heavy atom. The zero-order valence-corrected chi connectivity index (χ0v) is 20.8. The average Bonchev–Trinajstić information content (AvgIpc) is 3.13. The molecule has 0 fully saturated rings. The molecule has 1 atom stereocenters. The van der Waals surface area contributed by atoms with E-state index in [0.717, 1.165) is 22.2 Å². The molecular weight excluding hydrogens is 462 g/mol. The van der Waals surface area contributed by atoms with Crippen LogP contribution in [0.5, 0.6) is 0 Å². The normalized spacial score (nSPS) is 12.7. The second-order valence-electron chi connectivity index (χ2n) is 8.19. The molecule has 9 nitrogen and oxygen atoms in total. The number of nitrogens with zero attached hydrogens (tertiary/aromatic N) is 3. The number of benzene rings is 2. The predicted octanol–water partition coefficient (Wildman–Crippen LogP) is 4.81. The van der Waals surface area contributed by atoms with Crippen LogP contribution in [0.25, 0.3) is 17.0 Å². The number of aromatic nitrogens is 1. The lowest BCUT2D eigenvalue weighted by atomic mass is 9.99. The molecule has 3 aromatic rings. The molecule has 9 heteroatoms. The number of oxime groups is 1. The zero-order chi connectivity index (χ0) is 26.2. The van der Waals surface area contributed by atoms with Crippen molar-refractivity contribution >= 4 is 34.4 Å². The second kappa shape index (κ2) is 12.0. The number of hydrogen-bond acceptors (Lipinski definition) is 7. The zero-order valence-electron chi connectivity index (χ0n) is 20.8. The van der Waals surface area contributed by atoms with E-state index in [4.69, 9.17) is 9.57 Å². The van der Waals surface area contributed by atoms with Gasteiger partial charge in [-0.05, 0) is 49.8 Å². The van der Waals surface area contributed by atoms with E-state index >= 15 is 0 Å². The van der Waals surface area contributed by atoms with Crippen LogP contribution >= 0.6 is 0 Å². The minimum Gasteiger partial charge on any atom is -0.380 e. The summed E-state index contributed by atoms with van der Waals surface area (Å²) in [6.07, 6.45) is 3.29. The van der Waals surface area contributed by atoms with E-state index in [0.29, 0.717) is 30.9 Å². The standard InChI is InChI=1S/C27H29N3O6/c1-5-35-16-15-29-24(13-11-18(2)30(33)34)19(3)23-17-22(12-14-25(23)29)27(32)26(28-36-20(4)31)21-9-7-6-8-10-21/h6-14,17-18H,5,15-16H2,1-4H3/b13-11-,28-26+. The fourth-order valence-corrected chi connectivity index (χ4v) is 3.81. The molecular formula is C27H29N3O6. The Morgan fingerprint density at radius 1 is 1.17 bits per heavy atom. The molecule has 36 heavy (non-hydrogen) atoms. The van der Waals surface area contributed by atoms with Crippen LogP contribution in [0, 0.1) is 17.0 Å². The molecule has 1 heterocycles. The van der Waals surface area contributed by atoms with Gasteiger partial charge in [0.1, 0.15) is 0 Å². The van der Waals surface area contributed by atoms with Crippen molar-refractivity contribution in [2.24, 2.45) is 5.16 Å². The number of ether oxygens (including phenoxy) is 1. The Kier molecular flexibility index (Phi) is 8.86. The van der Waals surface area contributed by atoms with Crippen molar-refractivity contribution in [2.45, 2.75) is 40.3 Å². The average molecular weight is 492 g/mol. The monoisotopic (exact) mass is 491 g/mol. The largest absolute Gasteiger partial charge is 0.380 e. The summed E-state index contributed by atoms with van der Waals surface area (Å²) in [4.78, 5) is 40.4. The van der Waals surface area contributed by atoms with Crippen LogP contribution < -0.4 is 0 Å². The molecule has 188 valence electrons. The molecule has 0 amide bonds. The van der Waals surface area contributed by atoms with E-state index in [1.807, 2.05) is 30.5 Å². The second-order valence-corrected chi connectivity index (χ2v) is 8.19. The van der Waals surface area contributed by atoms with Crippen LogP contribution in [0.1, 0.15) is 48.0 Å². The maximum atomic E-state index is 13.5. The van der Waals surface area contributed by atoms with Gasteiger partial charge in [-0.3, -0.25) is 14.9 Å². The van der Waals surface area contributed by atoms with Gasteiger partial charge < -0.3 is 14.1 Å². The maximum Gasteiger partial charge on any atom is 0.332 e. The number of Topliss-reactive ketones (excluding diaryl/α,β-unsaturated/α-hetero) is 1. The van der Waals surface area contributed by atoms with Gasteiger partial charge in [0.25, 0.3) is 0 Å². The summed E-state index contributed by atoms with van der Waals surface area (Å²) in [5.74, 6) is -1.03. The highest BCUT2D eigenvalue weighted by Gasteiger charge is 2.21. The first-order valence-electron chi connectivity index (χ1n) is 11.6. The maximum absolute atomic E-state index is 13.5. The van der Waals surface area contributed by atoms with Crippen molar-refractivity contribution in [2.75, 3.05) is 13.2 Å². The van der Waals surface area contributed by atoms with Gasteiger partial charge in [0.15, 0.2) is 5.71 Å². The Balaban J connectivity index is 2.10. The summed E-state index contributed by atoms with van der Waals surface area (Å²) in [5.41, 5.74) is 3.46. The molecule has 0 radical (unpaired) electrons. The SMILES string of the molecule is CCOCCn1c(/C=C\C(C)[N+](=O)[O-])c(C)c2cc(C(=O)/C(=N/OC(C)=O)c3ccccc3)ccc21. The molecule has 0 bridgehead atoms. The van der Waals surface area contributed by atoms with Crippen molar-refractivity contribution in [3.8, 4) is 0 Å². The van der Waals surface area contributed by atoms with Gasteiger partial charge >= 0.3 is 5.97 Å². The van der Waals surface area contributed by atoms with Gasteiger partial charge in [0.05, 0.1) is 6.61 Å². The third-order valence-electron chi connectivity index (χ3n) is 5.68. The lowest BCUT2D eigenvalue weighted by Crippen LogP contribution is -2.17. The molecule has 0 spiro atoms. The van der Waals surface area contributed by atoms with Crippen LogP contribution in [0.2, 0.25) is 0 Å². The summed E-state index contributed by atoms with van der Waals surface area (Å²) in [7, 11) is 0. The molecule has 0 saturated heterocycles. The van der Waals surface area contributed by atoms with Gasteiger partial charge in [0.2, 0.25) is 11.8 Å². The van der Waals surface area contributed by atoms with Crippen LogP contribution in [0.4, 0.5) is 0 Å².